The molecule has 0 amide bonds. The van der Waals surface area contributed by atoms with Crippen LogP contribution in [0.5, 0.6) is 0 Å². The van der Waals surface area contributed by atoms with Crippen molar-refractivity contribution < 1.29 is 9.21 Å². The Hall–Kier alpha value is -13.2. The number of para-hydroxylation sites is 7. The van der Waals surface area contributed by atoms with Crippen molar-refractivity contribution in [3.63, 3.8) is 0 Å². The van der Waals surface area contributed by atoms with Crippen LogP contribution in [0.15, 0.2) is 332 Å². The van der Waals surface area contributed by atoms with Crippen molar-refractivity contribution in [1.82, 2.24) is 27.4 Å². The largest absolute Gasteiger partial charge is 0.456 e. The first-order valence-corrected chi connectivity index (χ1v) is 38.5. The van der Waals surface area contributed by atoms with Gasteiger partial charge in [0.15, 0.2) is 5.78 Å². The topological polar surface area (TPSA) is 59.8 Å². The van der Waals surface area contributed by atoms with Gasteiger partial charge in [-0.3, -0.25) is 4.79 Å². The zero-order valence-electron chi connectivity index (χ0n) is 61.1. The smallest absolute Gasteiger partial charge is 0.193 e. The normalized spacial score (nSPS) is 14.0. The zero-order chi connectivity index (χ0) is 72.9. The van der Waals surface area contributed by atoms with Crippen LogP contribution in [0.3, 0.4) is 0 Å². The average Bonchev–Trinajstić information content (AvgIpc) is 1.54. The first kappa shape index (κ1) is 63.1. The molecule has 0 aliphatic carbocycles. The zero-order valence-corrected chi connectivity index (χ0v) is 61.9. The highest BCUT2D eigenvalue weighted by atomic mass is 32.1. The molecule has 0 saturated heterocycles. The lowest BCUT2D eigenvalue weighted by Gasteiger charge is -2.21. The number of nitrogens with zero attached hydrogens (tertiary/aromatic N) is 6. The number of ketones is 1. The molecule has 9 heteroatoms. The van der Waals surface area contributed by atoms with E-state index in [4.69, 9.17) is 4.42 Å². The molecule has 8 nitrogen and oxygen atoms in total. The van der Waals surface area contributed by atoms with Crippen LogP contribution in [-0.2, 0) is 16.2 Å². The van der Waals surface area contributed by atoms with Crippen molar-refractivity contribution in [2.75, 3.05) is 0 Å². The summed E-state index contributed by atoms with van der Waals surface area (Å²) in [6, 6.07) is 109. The Kier molecular flexibility index (Phi) is 13.4. The van der Waals surface area contributed by atoms with Crippen LogP contribution in [0.4, 0.5) is 0 Å². The molecule has 13 aromatic carbocycles. The number of benzene rings is 13. The van der Waals surface area contributed by atoms with Gasteiger partial charge in [0.2, 0.25) is 0 Å². The SMILES string of the molecule is CC1(C)c2ccccc2-n2cc3c4ccccc4n(-c4ccc(C(=O)c5ccc(-c6ccccc6)cc5)cc4)c3c21.CC1(C)c2ccccc2-n2cc3c4ccccc4n(-c4ccc5oc6ccccc6c5c4)c3c21.CC1(C)c2ccccc2-n2cc3c4ccccc4n(-c4ccc5sc6ccccc6c5c4)c3c21. The van der Waals surface area contributed by atoms with Crippen LogP contribution >= 0.6 is 11.3 Å². The summed E-state index contributed by atoms with van der Waals surface area (Å²) >= 11 is 1.87. The molecule has 0 radical (unpaired) electrons. The predicted octanol–water partition coefficient (Wildman–Crippen LogP) is 25.8. The van der Waals surface area contributed by atoms with Crippen LogP contribution in [0, 0.1) is 0 Å². The minimum Gasteiger partial charge on any atom is -0.456 e. The Balaban J connectivity index is 0.000000102. The van der Waals surface area contributed by atoms with Crippen molar-refractivity contribution in [3.05, 3.63) is 373 Å². The van der Waals surface area contributed by atoms with Crippen molar-refractivity contribution in [2.24, 2.45) is 0 Å². The number of hydrogen-bond donors (Lipinski definition) is 0. The summed E-state index contributed by atoms with van der Waals surface area (Å²) in [5.41, 5.74) is 28.0. The molecule has 24 rings (SSSR count). The maximum absolute atomic E-state index is 13.4. The molecular formula is C100H72N6O2S. The molecule has 3 aliphatic heterocycles. The average molecular weight is 1420 g/mol. The lowest BCUT2D eigenvalue weighted by molar-refractivity contribution is 0.103. The summed E-state index contributed by atoms with van der Waals surface area (Å²) in [5.74, 6) is 0.0278. The van der Waals surface area contributed by atoms with Gasteiger partial charge < -0.3 is 31.8 Å². The molecule has 520 valence electrons. The van der Waals surface area contributed by atoms with Gasteiger partial charge in [-0.1, -0.05) is 242 Å². The lowest BCUT2D eigenvalue weighted by Crippen LogP contribution is -2.16. The van der Waals surface area contributed by atoms with Gasteiger partial charge in [-0.2, -0.15) is 0 Å². The molecule has 3 aliphatic rings. The van der Waals surface area contributed by atoms with Crippen LogP contribution in [0.1, 0.15) is 91.2 Å². The molecule has 0 atom stereocenters. The van der Waals surface area contributed by atoms with Gasteiger partial charge >= 0.3 is 0 Å². The van der Waals surface area contributed by atoms with Crippen LogP contribution in [-0.4, -0.2) is 33.2 Å². The monoisotopic (exact) mass is 1420 g/mol. The first-order chi connectivity index (χ1) is 53.3. The van der Waals surface area contributed by atoms with Crippen molar-refractivity contribution in [3.8, 4) is 45.3 Å². The third-order valence-electron chi connectivity index (χ3n) is 24.1. The number of fused-ring (bicyclic) bond motifs is 27. The van der Waals surface area contributed by atoms with Gasteiger partial charge in [0.1, 0.15) is 11.2 Å². The van der Waals surface area contributed by atoms with Gasteiger partial charge in [-0.05, 0) is 137 Å². The number of aromatic nitrogens is 6. The molecule has 0 unspecified atom stereocenters. The first-order valence-electron chi connectivity index (χ1n) is 37.7. The van der Waals surface area contributed by atoms with Crippen molar-refractivity contribution >= 4 is 125 Å². The molecule has 109 heavy (non-hydrogen) atoms. The Morgan fingerprint density at radius 2 is 0.651 bits per heavy atom. The van der Waals surface area contributed by atoms with Crippen LogP contribution in [0.25, 0.3) is 153 Å². The van der Waals surface area contributed by atoms with Crippen molar-refractivity contribution in [1.29, 1.82) is 0 Å². The number of carbonyl (C=O) groups is 1. The van der Waals surface area contributed by atoms with Gasteiger partial charge in [0.25, 0.3) is 0 Å². The number of thiophene rings is 1. The Labute approximate surface area is 633 Å². The molecule has 0 fully saturated rings. The summed E-state index contributed by atoms with van der Waals surface area (Å²) in [5, 5.41) is 12.7. The van der Waals surface area contributed by atoms with E-state index in [0.29, 0.717) is 11.1 Å². The second-order valence-electron chi connectivity index (χ2n) is 31.2. The molecule has 8 aromatic heterocycles. The summed E-state index contributed by atoms with van der Waals surface area (Å²) < 4.78 is 23.3. The summed E-state index contributed by atoms with van der Waals surface area (Å²) in [4.78, 5) is 13.4. The van der Waals surface area contributed by atoms with Crippen LogP contribution < -0.4 is 0 Å². The van der Waals surface area contributed by atoms with Gasteiger partial charge in [0.05, 0.1) is 50.2 Å². The second kappa shape index (κ2) is 23.1. The van der Waals surface area contributed by atoms with E-state index in [2.05, 4.69) is 330 Å². The third-order valence-corrected chi connectivity index (χ3v) is 25.2. The Morgan fingerprint density at radius 3 is 1.16 bits per heavy atom. The van der Waals surface area contributed by atoms with E-state index < -0.39 is 0 Å². The molecule has 0 N–H and O–H groups in total. The third kappa shape index (κ3) is 9.02. The highest BCUT2D eigenvalue weighted by molar-refractivity contribution is 7.25. The fourth-order valence-corrected chi connectivity index (χ4v) is 20.2. The van der Waals surface area contributed by atoms with Gasteiger partial charge in [-0.25, -0.2) is 0 Å². The summed E-state index contributed by atoms with van der Waals surface area (Å²) in [6.45, 7) is 14.1. The summed E-state index contributed by atoms with van der Waals surface area (Å²) in [7, 11) is 0. The number of carbonyl (C=O) groups excluding carboxylic acids is 1. The Morgan fingerprint density at radius 1 is 0.294 bits per heavy atom. The van der Waals surface area contributed by atoms with E-state index in [9.17, 15) is 4.79 Å². The Bertz CT molecular complexity index is 7110. The lowest BCUT2D eigenvalue weighted by atomic mass is 9.83. The highest BCUT2D eigenvalue weighted by Crippen LogP contribution is 2.54. The van der Waals surface area contributed by atoms with E-state index >= 15 is 0 Å². The maximum atomic E-state index is 13.4. The van der Waals surface area contributed by atoms with Gasteiger partial charge in [-0.15, -0.1) is 11.3 Å². The van der Waals surface area contributed by atoms with E-state index in [1.807, 2.05) is 78.1 Å². The molecule has 11 heterocycles. The molecule has 0 bridgehead atoms. The second-order valence-corrected chi connectivity index (χ2v) is 32.3. The summed E-state index contributed by atoms with van der Waals surface area (Å²) in [6.07, 6.45) is 6.99. The highest BCUT2D eigenvalue weighted by Gasteiger charge is 2.43. The van der Waals surface area contributed by atoms with E-state index in [1.165, 1.54) is 142 Å². The number of rotatable bonds is 6. The quantitative estimate of drug-likeness (QED) is 0.156. The fraction of sp³-hybridized carbons (Fsp3) is 0.0900. The standard InChI is InChI=1S/C38H28N2O.C31H22N2O.C31H22N2S/c1-38(2)32-13-7-9-15-34(32)39-24-31-30-12-6-8-14-33(30)40(35(31)37(38)39)29-22-20-28(21-23-29)36(41)27-18-16-26(17-19-27)25-10-4-3-5-11-25;2*1-31(2)24-11-5-7-13-26(24)32-18-23-20-9-3-6-12-25(20)33(29(23)30(31)32)19-15-16-28-22(17-19)21-10-4-8-14-27(21)34-28/h3-24H,1-2H3;2*3-18H,1-2H3. The van der Waals surface area contributed by atoms with E-state index in [-0.39, 0.29) is 22.0 Å². The van der Waals surface area contributed by atoms with E-state index in [0.717, 1.165) is 44.4 Å². The van der Waals surface area contributed by atoms with Crippen LogP contribution in [0.2, 0.25) is 0 Å². The molecule has 0 spiro atoms. The molecule has 0 saturated carbocycles. The minimum atomic E-state index is -0.147. The minimum absolute atomic E-state index is 0.0278. The fourth-order valence-electron chi connectivity index (χ4n) is 19.1. The van der Waals surface area contributed by atoms with E-state index in [1.54, 1.807) is 0 Å². The van der Waals surface area contributed by atoms with Gasteiger partial charge in [0, 0.05) is 143 Å². The predicted molar refractivity (Wildman–Crippen MR) is 452 cm³/mol. The number of hydrogen-bond acceptors (Lipinski definition) is 3. The van der Waals surface area contributed by atoms with Crippen molar-refractivity contribution in [2.45, 2.75) is 57.8 Å². The maximum Gasteiger partial charge on any atom is 0.193 e. The number of furan rings is 1. The molecule has 21 aromatic rings. The molecular weight excluding hydrogens is 1350 g/mol.